The molecule has 1 aliphatic carbocycles. The molecule has 0 spiro atoms. The van der Waals surface area contributed by atoms with Gasteiger partial charge in [-0.25, -0.2) is 0 Å². The van der Waals surface area contributed by atoms with Crippen LogP contribution in [0.3, 0.4) is 0 Å². The summed E-state index contributed by atoms with van der Waals surface area (Å²) in [6.45, 7) is 0.173. The summed E-state index contributed by atoms with van der Waals surface area (Å²) < 4.78 is 0.471. The number of carbonyl (C=O) groups excluding carboxylic acids is 1. The molecule has 1 aliphatic rings. The van der Waals surface area contributed by atoms with Gasteiger partial charge in [-0.1, -0.05) is 35.2 Å². The maximum absolute atomic E-state index is 12.1. The molecule has 0 unspecified atom stereocenters. The van der Waals surface area contributed by atoms with Gasteiger partial charge in [0, 0.05) is 28.7 Å². The third-order valence-electron chi connectivity index (χ3n) is 3.72. The molecule has 1 fully saturated rings. The van der Waals surface area contributed by atoms with Gasteiger partial charge in [-0.2, -0.15) is 0 Å². The molecule has 21 heavy (non-hydrogen) atoms. The van der Waals surface area contributed by atoms with E-state index in [0.717, 1.165) is 19.3 Å². The van der Waals surface area contributed by atoms with Crippen LogP contribution in [-0.4, -0.2) is 28.1 Å². The van der Waals surface area contributed by atoms with Crippen LogP contribution < -0.4 is 5.32 Å². The number of non-ortho nitro benzene ring substituents is 1. The lowest BCUT2D eigenvalue weighted by atomic mass is 9.85. The lowest BCUT2D eigenvalue weighted by molar-refractivity contribution is -0.385. The van der Waals surface area contributed by atoms with Gasteiger partial charge in [0.2, 0.25) is 0 Å². The molecular formula is C14H17BrN2O4. The quantitative estimate of drug-likeness (QED) is 0.640. The molecular weight excluding hydrogens is 340 g/mol. The number of nitro benzene ring substituents is 1. The molecule has 2 N–H and O–H groups in total. The number of halogens is 1. The number of hydrogen-bond acceptors (Lipinski definition) is 4. The zero-order valence-electron chi connectivity index (χ0n) is 11.5. The van der Waals surface area contributed by atoms with Gasteiger partial charge < -0.3 is 10.4 Å². The lowest BCUT2D eigenvalue weighted by Gasteiger charge is -2.32. The van der Waals surface area contributed by atoms with Crippen molar-refractivity contribution in [2.75, 3.05) is 6.54 Å². The number of nitro groups is 1. The fourth-order valence-electron chi connectivity index (χ4n) is 2.54. The van der Waals surface area contributed by atoms with Crippen LogP contribution in [0.15, 0.2) is 22.7 Å². The van der Waals surface area contributed by atoms with Crippen molar-refractivity contribution in [2.24, 2.45) is 0 Å². The van der Waals surface area contributed by atoms with Crippen molar-refractivity contribution in [3.8, 4) is 0 Å². The second kappa shape index (κ2) is 6.53. The molecule has 7 heteroatoms. The van der Waals surface area contributed by atoms with Crippen LogP contribution in [0.4, 0.5) is 5.69 Å². The fraction of sp³-hybridized carbons (Fsp3) is 0.500. The van der Waals surface area contributed by atoms with Crippen LogP contribution in [0.25, 0.3) is 0 Å². The van der Waals surface area contributed by atoms with Crippen molar-refractivity contribution < 1.29 is 14.8 Å². The maximum atomic E-state index is 12.1. The molecule has 114 valence electrons. The van der Waals surface area contributed by atoms with Gasteiger partial charge >= 0.3 is 0 Å². The number of aliphatic hydroxyl groups is 1. The average Bonchev–Trinajstić information content (AvgIpc) is 2.45. The predicted molar refractivity (Wildman–Crippen MR) is 81.2 cm³/mol. The summed E-state index contributed by atoms with van der Waals surface area (Å²) in [4.78, 5) is 22.3. The van der Waals surface area contributed by atoms with E-state index in [1.54, 1.807) is 0 Å². The zero-order chi connectivity index (χ0) is 15.5. The normalized spacial score (nSPS) is 17.2. The summed E-state index contributed by atoms with van der Waals surface area (Å²) in [5.74, 6) is -0.418. The zero-order valence-corrected chi connectivity index (χ0v) is 13.1. The number of benzene rings is 1. The van der Waals surface area contributed by atoms with Crippen LogP contribution in [0.2, 0.25) is 0 Å². The van der Waals surface area contributed by atoms with E-state index in [4.69, 9.17) is 0 Å². The van der Waals surface area contributed by atoms with Crippen molar-refractivity contribution in [1.29, 1.82) is 0 Å². The second-order valence-electron chi connectivity index (χ2n) is 5.42. The third kappa shape index (κ3) is 4.25. The topological polar surface area (TPSA) is 92.5 Å². The first-order valence-electron chi connectivity index (χ1n) is 6.85. The smallest absolute Gasteiger partial charge is 0.271 e. The van der Waals surface area contributed by atoms with Crippen LogP contribution in [0, 0.1) is 10.1 Å². The van der Waals surface area contributed by atoms with E-state index < -0.39 is 16.4 Å². The molecule has 0 bridgehead atoms. The second-order valence-corrected chi connectivity index (χ2v) is 6.34. The van der Waals surface area contributed by atoms with Crippen LogP contribution >= 0.6 is 15.9 Å². The number of amides is 1. The number of hydrogen-bond donors (Lipinski definition) is 2. The van der Waals surface area contributed by atoms with E-state index in [1.165, 1.54) is 18.2 Å². The minimum atomic E-state index is -0.855. The van der Waals surface area contributed by atoms with Gasteiger partial charge in [-0.3, -0.25) is 14.9 Å². The molecule has 0 aliphatic heterocycles. The summed E-state index contributed by atoms with van der Waals surface area (Å²) >= 11 is 3.15. The molecule has 1 aromatic carbocycles. The molecule has 6 nitrogen and oxygen atoms in total. The highest BCUT2D eigenvalue weighted by Gasteiger charge is 2.29. The lowest BCUT2D eigenvalue weighted by Crippen LogP contribution is -2.44. The highest BCUT2D eigenvalue weighted by atomic mass is 79.9. The van der Waals surface area contributed by atoms with Crippen molar-refractivity contribution >= 4 is 27.5 Å². The highest BCUT2D eigenvalue weighted by Crippen LogP contribution is 2.27. The molecule has 1 amide bonds. The minimum Gasteiger partial charge on any atom is -0.388 e. The Morgan fingerprint density at radius 3 is 2.62 bits per heavy atom. The monoisotopic (exact) mass is 356 g/mol. The first-order valence-corrected chi connectivity index (χ1v) is 7.64. The standard InChI is InChI=1S/C14H17BrN2O4/c15-11-6-10(7-12(8-11)17(20)21)13(18)16-9-14(19)4-2-1-3-5-14/h6-8,19H,1-5,9H2,(H,16,18). The Morgan fingerprint density at radius 2 is 2.00 bits per heavy atom. The minimum absolute atomic E-state index is 0.147. The summed E-state index contributed by atoms with van der Waals surface area (Å²) in [6.07, 6.45) is 4.36. The number of nitrogens with zero attached hydrogens (tertiary/aromatic N) is 1. The Bertz CT molecular complexity index is 556. The maximum Gasteiger partial charge on any atom is 0.271 e. The van der Waals surface area contributed by atoms with Crippen LogP contribution in [-0.2, 0) is 0 Å². The highest BCUT2D eigenvalue weighted by molar-refractivity contribution is 9.10. The summed E-state index contributed by atoms with van der Waals surface area (Å²) in [6, 6.07) is 4.09. The molecule has 2 rings (SSSR count). The average molecular weight is 357 g/mol. The molecule has 0 aromatic heterocycles. The Labute approximate surface area is 130 Å². The van der Waals surface area contributed by atoms with Crippen molar-refractivity contribution in [2.45, 2.75) is 37.7 Å². The molecule has 1 saturated carbocycles. The molecule has 0 heterocycles. The van der Waals surface area contributed by atoms with E-state index in [2.05, 4.69) is 21.2 Å². The van der Waals surface area contributed by atoms with E-state index in [1.807, 2.05) is 0 Å². The van der Waals surface area contributed by atoms with Gasteiger partial charge in [-0.15, -0.1) is 0 Å². The first-order chi connectivity index (χ1) is 9.89. The van der Waals surface area contributed by atoms with Gasteiger partial charge in [0.25, 0.3) is 11.6 Å². The molecule has 0 radical (unpaired) electrons. The Hall–Kier alpha value is -1.47. The Balaban J connectivity index is 2.04. The van der Waals surface area contributed by atoms with Gasteiger partial charge in [-0.05, 0) is 18.9 Å². The van der Waals surface area contributed by atoms with Crippen LogP contribution in [0.5, 0.6) is 0 Å². The Morgan fingerprint density at radius 1 is 1.33 bits per heavy atom. The number of rotatable bonds is 4. The largest absolute Gasteiger partial charge is 0.388 e. The first kappa shape index (κ1) is 15.9. The number of nitrogens with one attached hydrogen (secondary N) is 1. The summed E-state index contributed by atoms with van der Waals surface area (Å²) in [5.41, 5.74) is -0.798. The van der Waals surface area contributed by atoms with Crippen molar-refractivity contribution in [1.82, 2.24) is 5.32 Å². The van der Waals surface area contributed by atoms with E-state index in [9.17, 15) is 20.0 Å². The third-order valence-corrected chi connectivity index (χ3v) is 4.18. The summed E-state index contributed by atoms with van der Waals surface area (Å²) in [7, 11) is 0. The van der Waals surface area contributed by atoms with Crippen LogP contribution in [0.1, 0.15) is 42.5 Å². The van der Waals surface area contributed by atoms with E-state index >= 15 is 0 Å². The fourth-order valence-corrected chi connectivity index (χ4v) is 3.03. The Kier molecular flexibility index (Phi) is 4.95. The number of carbonyl (C=O) groups is 1. The predicted octanol–water partition coefficient (Wildman–Crippen LogP) is 2.78. The van der Waals surface area contributed by atoms with Gasteiger partial charge in [0.15, 0.2) is 0 Å². The van der Waals surface area contributed by atoms with E-state index in [-0.39, 0.29) is 17.8 Å². The van der Waals surface area contributed by atoms with E-state index in [0.29, 0.717) is 17.3 Å². The van der Waals surface area contributed by atoms with Crippen molar-refractivity contribution in [3.05, 3.63) is 38.3 Å². The molecule has 0 saturated heterocycles. The van der Waals surface area contributed by atoms with Gasteiger partial charge in [0.05, 0.1) is 10.5 Å². The molecule has 0 atom stereocenters. The SMILES string of the molecule is O=C(NCC1(O)CCCCC1)c1cc(Br)cc([N+](=O)[O-])c1. The van der Waals surface area contributed by atoms with Gasteiger partial charge in [0.1, 0.15) is 0 Å². The summed E-state index contributed by atoms with van der Waals surface area (Å²) in [5, 5.41) is 23.8. The molecule has 1 aromatic rings. The van der Waals surface area contributed by atoms with Crippen molar-refractivity contribution in [3.63, 3.8) is 0 Å².